The lowest BCUT2D eigenvalue weighted by Gasteiger charge is -2.31. The van der Waals surface area contributed by atoms with Gasteiger partial charge >= 0.3 is 6.09 Å². The van der Waals surface area contributed by atoms with Crippen molar-refractivity contribution >= 4 is 21.9 Å². The lowest BCUT2D eigenvalue weighted by Crippen LogP contribution is -2.46. The number of benzene rings is 1. The van der Waals surface area contributed by atoms with E-state index in [0.717, 1.165) is 0 Å². The fourth-order valence-electron chi connectivity index (χ4n) is 3.50. The van der Waals surface area contributed by atoms with Gasteiger partial charge in [0.2, 0.25) is 10.0 Å². The van der Waals surface area contributed by atoms with Crippen molar-refractivity contribution in [2.24, 2.45) is 0 Å². The number of anilines is 1. The summed E-state index contributed by atoms with van der Waals surface area (Å²) in [6, 6.07) is 10.2. The number of hydrogen-bond donors (Lipinski definition) is 2. The minimum Gasteiger partial charge on any atom is -0.387 e. The zero-order valence-electron chi connectivity index (χ0n) is 18.8. The molecule has 1 aromatic carbocycles. The largest absolute Gasteiger partial charge is 0.414 e. The van der Waals surface area contributed by atoms with E-state index >= 15 is 0 Å². The average Bonchev–Trinajstić information content (AvgIpc) is 3.34. The Kier molecular flexibility index (Phi) is 7.10. The average molecular weight is 486 g/mol. The van der Waals surface area contributed by atoms with Crippen LogP contribution in [0.1, 0.15) is 0 Å². The molecule has 0 unspecified atom stereocenters. The molecule has 3 heterocycles. The third-order valence-corrected chi connectivity index (χ3v) is 7.42. The monoisotopic (exact) mass is 485 g/mol. The molecular weight excluding hydrogens is 458 g/mol. The molecular formula is C22H27N7O4S. The molecule has 1 aliphatic heterocycles. The van der Waals surface area contributed by atoms with Crippen LogP contribution in [0.3, 0.4) is 0 Å². The molecule has 3 aromatic rings. The van der Waals surface area contributed by atoms with E-state index in [-0.39, 0.29) is 16.6 Å². The molecule has 0 saturated carbocycles. The molecule has 1 amide bonds. The van der Waals surface area contributed by atoms with Crippen LogP contribution in [0.2, 0.25) is 0 Å². The van der Waals surface area contributed by atoms with Crippen molar-refractivity contribution in [3.8, 4) is 17.1 Å². The van der Waals surface area contributed by atoms with Crippen LogP contribution in [0.4, 0.5) is 10.6 Å². The summed E-state index contributed by atoms with van der Waals surface area (Å²) >= 11 is 0. The number of likely N-dealkylation sites (N-methyl/N-ethyl adjacent to an activating group) is 1. The van der Waals surface area contributed by atoms with E-state index in [2.05, 4.69) is 20.2 Å². The van der Waals surface area contributed by atoms with Crippen LogP contribution in [0, 0.1) is 0 Å². The highest BCUT2D eigenvalue weighted by atomic mass is 32.2. The summed E-state index contributed by atoms with van der Waals surface area (Å²) in [4.78, 5) is 22.8. The molecule has 0 spiro atoms. The van der Waals surface area contributed by atoms with Crippen LogP contribution in [-0.2, 0) is 16.6 Å². The fourth-order valence-corrected chi connectivity index (χ4v) is 4.92. The lowest BCUT2D eigenvalue weighted by atomic mass is 10.2. The van der Waals surface area contributed by atoms with Gasteiger partial charge in [0, 0.05) is 57.2 Å². The Morgan fingerprint density at radius 3 is 2.47 bits per heavy atom. The second-order valence-corrected chi connectivity index (χ2v) is 9.85. The molecule has 0 bridgehead atoms. The van der Waals surface area contributed by atoms with Crippen LogP contribution in [0.25, 0.3) is 11.3 Å². The molecule has 0 radical (unpaired) electrons. The number of hydrogen-bond acceptors (Lipinski definition) is 8. The van der Waals surface area contributed by atoms with Crippen LogP contribution in [0.15, 0.2) is 59.9 Å². The number of amides is 1. The van der Waals surface area contributed by atoms with Crippen molar-refractivity contribution in [1.82, 2.24) is 29.1 Å². The van der Waals surface area contributed by atoms with Gasteiger partial charge in [-0.05, 0) is 31.3 Å². The normalized spacial score (nSPS) is 15.2. The van der Waals surface area contributed by atoms with E-state index in [4.69, 9.17) is 10.5 Å². The first kappa shape index (κ1) is 23.7. The summed E-state index contributed by atoms with van der Waals surface area (Å²) < 4.78 is 34.5. The molecule has 0 aliphatic carbocycles. The number of rotatable bonds is 7. The summed E-state index contributed by atoms with van der Waals surface area (Å²) in [7, 11) is -1.60. The smallest absolute Gasteiger partial charge is 0.387 e. The van der Waals surface area contributed by atoms with Crippen LogP contribution < -0.4 is 15.8 Å². The zero-order valence-corrected chi connectivity index (χ0v) is 19.6. The number of carbonyl (C=O) groups is 1. The maximum absolute atomic E-state index is 12.9. The van der Waals surface area contributed by atoms with E-state index in [0.29, 0.717) is 50.5 Å². The number of nitrogen functional groups attached to an aromatic ring is 1. The van der Waals surface area contributed by atoms with Gasteiger partial charge in [0.05, 0.1) is 16.8 Å². The SMILES string of the molecule is CN1CCN(S(=O)(=O)c2ccc(-c3cnc(N)c(OC(=O)NCCn4cccc4)n3)cc2)CC1. The van der Waals surface area contributed by atoms with Crippen molar-refractivity contribution < 1.29 is 17.9 Å². The molecule has 34 heavy (non-hydrogen) atoms. The van der Waals surface area contributed by atoms with E-state index in [9.17, 15) is 13.2 Å². The quantitative estimate of drug-likeness (QED) is 0.510. The Bertz CT molecular complexity index is 1220. The maximum atomic E-state index is 12.9. The highest BCUT2D eigenvalue weighted by Crippen LogP contribution is 2.25. The Morgan fingerprint density at radius 2 is 1.79 bits per heavy atom. The van der Waals surface area contributed by atoms with Gasteiger partial charge in [-0.3, -0.25) is 0 Å². The first-order valence-corrected chi connectivity index (χ1v) is 12.2. The molecule has 1 fully saturated rings. The number of piperazine rings is 1. The molecule has 180 valence electrons. The predicted molar refractivity (Wildman–Crippen MR) is 127 cm³/mol. The van der Waals surface area contributed by atoms with Crippen molar-refractivity contribution in [3.05, 3.63) is 55.0 Å². The van der Waals surface area contributed by atoms with Crippen LogP contribution in [0.5, 0.6) is 5.88 Å². The molecule has 2 aromatic heterocycles. The van der Waals surface area contributed by atoms with Crippen molar-refractivity contribution in [2.75, 3.05) is 45.5 Å². The van der Waals surface area contributed by atoms with E-state index < -0.39 is 16.1 Å². The Balaban J connectivity index is 1.42. The summed E-state index contributed by atoms with van der Waals surface area (Å²) in [5.74, 6) is -0.149. The maximum Gasteiger partial charge on any atom is 0.414 e. The molecule has 1 aliphatic rings. The number of carbonyl (C=O) groups excluding carboxylic acids is 1. The zero-order chi connectivity index (χ0) is 24.1. The van der Waals surface area contributed by atoms with Crippen molar-refractivity contribution in [2.45, 2.75) is 11.4 Å². The number of ether oxygens (including phenoxy) is 1. The van der Waals surface area contributed by atoms with E-state index in [1.165, 1.54) is 22.6 Å². The third kappa shape index (κ3) is 5.53. The molecule has 12 heteroatoms. The van der Waals surface area contributed by atoms with Crippen LogP contribution in [-0.4, -0.2) is 78.0 Å². The number of sulfonamides is 1. The van der Waals surface area contributed by atoms with Crippen molar-refractivity contribution in [1.29, 1.82) is 0 Å². The number of nitrogens with zero attached hydrogens (tertiary/aromatic N) is 5. The topological polar surface area (TPSA) is 136 Å². The highest BCUT2D eigenvalue weighted by Gasteiger charge is 2.27. The standard InChI is InChI=1S/C22H27N7O4S/c1-27-12-14-29(15-13-27)34(31,32)18-6-4-17(5-7-18)19-16-25-20(23)21(26-19)33-22(30)24-8-11-28-9-2-3-10-28/h2-7,9-10,16H,8,11-15H2,1H3,(H2,23,25)(H,24,30). The van der Waals surface area contributed by atoms with Gasteiger partial charge in [-0.1, -0.05) is 12.1 Å². The minimum absolute atomic E-state index is 0.0291. The molecule has 1 saturated heterocycles. The minimum atomic E-state index is -3.57. The first-order chi connectivity index (χ1) is 16.3. The second-order valence-electron chi connectivity index (χ2n) is 7.91. The van der Waals surface area contributed by atoms with Gasteiger partial charge in [-0.2, -0.15) is 4.31 Å². The van der Waals surface area contributed by atoms with Gasteiger partial charge in [0.15, 0.2) is 5.82 Å². The molecule has 3 N–H and O–H groups in total. The van der Waals surface area contributed by atoms with Gasteiger partial charge in [0.25, 0.3) is 5.88 Å². The van der Waals surface area contributed by atoms with Crippen LogP contribution >= 0.6 is 0 Å². The van der Waals surface area contributed by atoms with E-state index in [1.807, 2.05) is 36.1 Å². The summed E-state index contributed by atoms with van der Waals surface area (Å²) in [6.45, 7) is 3.26. The van der Waals surface area contributed by atoms with Gasteiger partial charge in [0.1, 0.15) is 0 Å². The molecule has 11 nitrogen and oxygen atoms in total. The fraction of sp³-hybridized carbons (Fsp3) is 0.318. The number of aromatic nitrogens is 3. The summed E-state index contributed by atoms with van der Waals surface area (Å²) in [5.41, 5.74) is 6.83. The van der Waals surface area contributed by atoms with Gasteiger partial charge in [-0.15, -0.1) is 0 Å². The summed E-state index contributed by atoms with van der Waals surface area (Å²) in [5, 5.41) is 2.63. The molecule has 0 atom stereocenters. The van der Waals surface area contributed by atoms with Gasteiger partial charge in [-0.25, -0.2) is 23.2 Å². The predicted octanol–water partition coefficient (Wildman–Crippen LogP) is 1.25. The second kappa shape index (κ2) is 10.2. The van der Waals surface area contributed by atoms with Crippen molar-refractivity contribution in [3.63, 3.8) is 0 Å². The lowest BCUT2D eigenvalue weighted by molar-refractivity contribution is 0.198. The van der Waals surface area contributed by atoms with E-state index in [1.54, 1.807) is 12.1 Å². The number of nitrogens with two attached hydrogens (primary N) is 1. The first-order valence-electron chi connectivity index (χ1n) is 10.8. The Hall–Kier alpha value is -3.48. The Morgan fingerprint density at radius 1 is 1.12 bits per heavy atom. The highest BCUT2D eigenvalue weighted by molar-refractivity contribution is 7.89. The molecule has 4 rings (SSSR count). The number of nitrogens with one attached hydrogen (secondary N) is 1. The van der Waals surface area contributed by atoms with Gasteiger partial charge < -0.3 is 25.3 Å². The Labute approximate surface area is 198 Å². The third-order valence-electron chi connectivity index (χ3n) is 5.51. The summed E-state index contributed by atoms with van der Waals surface area (Å²) in [6.07, 6.45) is 4.53.